The van der Waals surface area contributed by atoms with Gasteiger partial charge in [0.25, 0.3) is 11.8 Å². The predicted molar refractivity (Wildman–Crippen MR) is 88.8 cm³/mol. The molecule has 1 aliphatic rings. The van der Waals surface area contributed by atoms with Crippen LogP contribution in [0.4, 0.5) is 4.39 Å². The lowest BCUT2D eigenvalue weighted by Crippen LogP contribution is -2.32. The molecule has 0 radical (unpaired) electrons. The third-order valence-electron chi connectivity index (χ3n) is 4.05. The number of benzene rings is 2. The van der Waals surface area contributed by atoms with Crippen LogP contribution >= 0.6 is 0 Å². The van der Waals surface area contributed by atoms with Crippen molar-refractivity contribution in [1.29, 1.82) is 0 Å². The van der Waals surface area contributed by atoms with Crippen LogP contribution < -0.4 is 0 Å². The maximum Gasteiger partial charge on any atom is 0.364 e. The number of amides is 2. The highest BCUT2D eigenvalue weighted by Gasteiger charge is 2.39. The number of pyridine rings is 1. The van der Waals surface area contributed by atoms with Crippen molar-refractivity contribution in [2.45, 2.75) is 6.92 Å². The minimum Gasteiger partial charge on any atom is -0.324 e. The van der Waals surface area contributed by atoms with Crippen molar-refractivity contribution in [3.8, 4) is 0 Å². The molecule has 2 heterocycles. The fourth-order valence-electron chi connectivity index (χ4n) is 2.88. The standard InChI is InChI=1S/C19H11FN2O4/c1-10-8-15(12-7-6-11(20)9-16(12)21-10)19(25)26-22-17(23)13-4-2-3-5-14(13)18(22)24/h2-9H,1H3. The zero-order chi connectivity index (χ0) is 18.4. The van der Waals surface area contributed by atoms with E-state index in [0.717, 1.165) is 0 Å². The van der Waals surface area contributed by atoms with Gasteiger partial charge in [-0.05, 0) is 37.3 Å². The van der Waals surface area contributed by atoms with Gasteiger partial charge in [-0.15, -0.1) is 0 Å². The van der Waals surface area contributed by atoms with Gasteiger partial charge in [0.05, 0.1) is 22.2 Å². The summed E-state index contributed by atoms with van der Waals surface area (Å²) in [5.41, 5.74) is 1.17. The Balaban J connectivity index is 1.71. The number of nitrogens with zero attached hydrogens (tertiary/aromatic N) is 2. The number of hydrogen-bond donors (Lipinski definition) is 0. The maximum atomic E-state index is 13.4. The topological polar surface area (TPSA) is 76.6 Å². The number of carbonyl (C=O) groups excluding carboxylic acids is 3. The van der Waals surface area contributed by atoms with Gasteiger partial charge >= 0.3 is 5.97 Å². The highest BCUT2D eigenvalue weighted by Crippen LogP contribution is 2.25. The average molecular weight is 350 g/mol. The second kappa shape index (κ2) is 5.73. The van der Waals surface area contributed by atoms with Crippen molar-refractivity contribution in [2.75, 3.05) is 0 Å². The molecule has 2 aromatic carbocycles. The van der Waals surface area contributed by atoms with Crippen LogP contribution in [0, 0.1) is 12.7 Å². The van der Waals surface area contributed by atoms with Gasteiger partial charge in [-0.25, -0.2) is 9.18 Å². The third-order valence-corrected chi connectivity index (χ3v) is 4.05. The normalized spacial score (nSPS) is 13.2. The van der Waals surface area contributed by atoms with Gasteiger partial charge in [-0.1, -0.05) is 17.2 Å². The molecule has 0 spiro atoms. The van der Waals surface area contributed by atoms with Gasteiger partial charge in [-0.3, -0.25) is 14.6 Å². The van der Waals surface area contributed by atoms with Gasteiger partial charge in [0.15, 0.2) is 0 Å². The smallest absolute Gasteiger partial charge is 0.324 e. The van der Waals surface area contributed by atoms with E-state index in [1.807, 2.05) is 0 Å². The molecular weight excluding hydrogens is 339 g/mol. The van der Waals surface area contributed by atoms with E-state index in [4.69, 9.17) is 4.84 Å². The molecule has 128 valence electrons. The average Bonchev–Trinajstić information content (AvgIpc) is 2.86. The Labute approximate surface area is 146 Å². The number of fused-ring (bicyclic) bond motifs is 2. The summed E-state index contributed by atoms with van der Waals surface area (Å²) in [7, 11) is 0. The van der Waals surface area contributed by atoms with Crippen molar-refractivity contribution < 1.29 is 23.6 Å². The summed E-state index contributed by atoms with van der Waals surface area (Å²) >= 11 is 0. The molecule has 0 saturated carbocycles. The summed E-state index contributed by atoms with van der Waals surface area (Å²) in [6.07, 6.45) is 0. The number of imide groups is 1. The van der Waals surface area contributed by atoms with Crippen LogP contribution in [-0.2, 0) is 4.84 Å². The van der Waals surface area contributed by atoms with Crippen LogP contribution in [0.1, 0.15) is 36.8 Å². The van der Waals surface area contributed by atoms with E-state index >= 15 is 0 Å². The van der Waals surface area contributed by atoms with Crippen LogP contribution in [0.5, 0.6) is 0 Å². The van der Waals surface area contributed by atoms with Crippen LogP contribution in [-0.4, -0.2) is 27.8 Å². The van der Waals surface area contributed by atoms with Crippen molar-refractivity contribution in [3.05, 3.63) is 76.7 Å². The number of aromatic nitrogens is 1. The zero-order valence-electron chi connectivity index (χ0n) is 13.5. The molecule has 0 bridgehead atoms. The first-order valence-corrected chi connectivity index (χ1v) is 7.73. The van der Waals surface area contributed by atoms with Gasteiger partial charge < -0.3 is 4.84 Å². The fourth-order valence-corrected chi connectivity index (χ4v) is 2.88. The first-order chi connectivity index (χ1) is 12.5. The highest BCUT2D eigenvalue weighted by molar-refractivity contribution is 6.21. The molecule has 0 N–H and O–H groups in total. The lowest BCUT2D eigenvalue weighted by Gasteiger charge is -2.14. The van der Waals surface area contributed by atoms with Crippen LogP contribution in [0.2, 0.25) is 0 Å². The Morgan fingerprint density at radius 1 is 1.04 bits per heavy atom. The van der Waals surface area contributed by atoms with Gasteiger partial charge in [-0.2, -0.15) is 0 Å². The Morgan fingerprint density at radius 3 is 2.35 bits per heavy atom. The van der Waals surface area contributed by atoms with E-state index in [1.54, 1.807) is 19.1 Å². The molecule has 0 atom stereocenters. The lowest BCUT2D eigenvalue weighted by molar-refractivity contribution is -0.0583. The number of carbonyl (C=O) groups is 3. The van der Waals surface area contributed by atoms with E-state index in [9.17, 15) is 18.8 Å². The summed E-state index contributed by atoms with van der Waals surface area (Å²) in [6, 6.07) is 11.4. The van der Waals surface area contributed by atoms with E-state index in [1.165, 1.54) is 36.4 Å². The van der Waals surface area contributed by atoms with Gasteiger partial charge in [0.1, 0.15) is 5.82 Å². The molecule has 26 heavy (non-hydrogen) atoms. The Bertz CT molecular complexity index is 1070. The number of hydroxylamine groups is 2. The molecule has 0 saturated heterocycles. The van der Waals surface area contributed by atoms with E-state index < -0.39 is 23.6 Å². The van der Waals surface area contributed by atoms with Crippen LogP contribution in [0.3, 0.4) is 0 Å². The predicted octanol–water partition coefficient (Wildman–Crippen LogP) is 3.05. The monoisotopic (exact) mass is 350 g/mol. The summed E-state index contributed by atoms with van der Waals surface area (Å²) in [5, 5.41) is 0.802. The molecule has 1 aliphatic heterocycles. The molecule has 2 amide bonds. The lowest BCUT2D eigenvalue weighted by atomic mass is 10.1. The number of aryl methyl sites for hydroxylation is 1. The molecule has 3 aromatic rings. The zero-order valence-corrected chi connectivity index (χ0v) is 13.5. The minimum atomic E-state index is -0.901. The van der Waals surface area contributed by atoms with Crippen molar-refractivity contribution in [2.24, 2.45) is 0 Å². The van der Waals surface area contributed by atoms with Crippen LogP contribution in [0.15, 0.2) is 48.5 Å². The van der Waals surface area contributed by atoms with Gasteiger partial charge in [0, 0.05) is 17.1 Å². The fraction of sp³-hybridized carbons (Fsp3) is 0.0526. The van der Waals surface area contributed by atoms with Crippen molar-refractivity contribution in [3.63, 3.8) is 0 Å². The molecule has 0 fully saturated rings. The molecule has 6 nitrogen and oxygen atoms in total. The SMILES string of the molecule is Cc1cc(C(=O)ON2C(=O)c3ccccc3C2=O)c2ccc(F)cc2n1. The Kier molecular flexibility index (Phi) is 3.50. The molecule has 7 heteroatoms. The molecular formula is C19H11FN2O4. The summed E-state index contributed by atoms with van der Waals surface area (Å²) < 4.78 is 13.4. The second-order valence-corrected chi connectivity index (χ2v) is 5.80. The van der Waals surface area contributed by atoms with Crippen molar-refractivity contribution >= 4 is 28.7 Å². The first kappa shape index (κ1) is 15.9. The van der Waals surface area contributed by atoms with Crippen LogP contribution in [0.25, 0.3) is 10.9 Å². The number of hydrogen-bond acceptors (Lipinski definition) is 5. The number of halogens is 1. The summed E-state index contributed by atoms with van der Waals surface area (Å²) in [5.74, 6) is -2.81. The minimum absolute atomic E-state index is 0.0871. The molecule has 4 rings (SSSR count). The number of rotatable bonds is 2. The molecule has 1 aromatic heterocycles. The summed E-state index contributed by atoms with van der Waals surface area (Å²) in [4.78, 5) is 46.5. The van der Waals surface area contributed by atoms with E-state index in [2.05, 4.69) is 4.98 Å². The first-order valence-electron chi connectivity index (χ1n) is 7.73. The van der Waals surface area contributed by atoms with Crippen molar-refractivity contribution in [1.82, 2.24) is 10.0 Å². The van der Waals surface area contributed by atoms with E-state index in [-0.39, 0.29) is 22.2 Å². The molecule has 0 aliphatic carbocycles. The third kappa shape index (κ3) is 2.41. The second-order valence-electron chi connectivity index (χ2n) is 5.80. The molecule has 0 unspecified atom stereocenters. The maximum absolute atomic E-state index is 13.4. The largest absolute Gasteiger partial charge is 0.364 e. The van der Waals surface area contributed by atoms with E-state index in [0.29, 0.717) is 16.1 Å². The highest BCUT2D eigenvalue weighted by atomic mass is 19.1. The summed E-state index contributed by atoms with van der Waals surface area (Å²) in [6.45, 7) is 1.64. The Morgan fingerprint density at radius 2 is 1.69 bits per heavy atom. The Hall–Kier alpha value is -3.61. The van der Waals surface area contributed by atoms with Gasteiger partial charge in [0.2, 0.25) is 0 Å². The quantitative estimate of drug-likeness (QED) is 0.664.